The van der Waals surface area contributed by atoms with E-state index in [0.29, 0.717) is 5.89 Å². The fraction of sp³-hybridized carbons (Fsp3) is 0.385. The van der Waals surface area contributed by atoms with Gasteiger partial charge in [0.05, 0.1) is 6.04 Å². The topological polar surface area (TPSA) is 64.9 Å². The van der Waals surface area contributed by atoms with E-state index >= 15 is 0 Å². The van der Waals surface area contributed by atoms with Crippen LogP contribution in [0, 0.1) is 11.6 Å². The van der Waals surface area contributed by atoms with Gasteiger partial charge in [-0.1, -0.05) is 25.9 Å². The Balaban J connectivity index is 2.33. The van der Waals surface area contributed by atoms with Gasteiger partial charge in [0.1, 0.15) is 11.6 Å². The van der Waals surface area contributed by atoms with Crippen molar-refractivity contribution < 1.29 is 13.3 Å². The van der Waals surface area contributed by atoms with Gasteiger partial charge in [0.2, 0.25) is 5.89 Å². The molecule has 0 aliphatic heterocycles. The largest absolute Gasteiger partial charge is 0.339 e. The predicted octanol–water partition coefficient (Wildman–Crippen LogP) is 2.69. The van der Waals surface area contributed by atoms with Crippen LogP contribution >= 0.6 is 0 Å². The molecule has 0 fully saturated rings. The molecule has 0 aliphatic carbocycles. The first-order valence-corrected chi connectivity index (χ1v) is 5.83. The molecule has 0 amide bonds. The zero-order chi connectivity index (χ0) is 14.2. The number of aromatic nitrogens is 2. The minimum Gasteiger partial charge on any atom is -0.339 e. The van der Waals surface area contributed by atoms with Crippen molar-refractivity contribution in [1.82, 2.24) is 10.1 Å². The summed E-state index contributed by atoms with van der Waals surface area (Å²) in [5.41, 5.74) is 5.85. The zero-order valence-electron chi connectivity index (χ0n) is 10.9. The van der Waals surface area contributed by atoms with E-state index < -0.39 is 17.7 Å². The molecular formula is C13H15F2N3O. The maximum Gasteiger partial charge on any atom is 0.232 e. The van der Waals surface area contributed by atoms with E-state index in [1.54, 1.807) is 0 Å². The smallest absolute Gasteiger partial charge is 0.232 e. The van der Waals surface area contributed by atoms with Crippen LogP contribution in [0.3, 0.4) is 0 Å². The molecule has 1 heterocycles. The lowest BCUT2D eigenvalue weighted by molar-refractivity contribution is 0.317. The van der Waals surface area contributed by atoms with E-state index in [-0.39, 0.29) is 16.8 Å². The highest BCUT2D eigenvalue weighted by Gasteiger charge is 2.24. The summed E-state index contributed by atoms with van der Waals surface area (Å²) in [5.74, 6) is -0.750. The zero-order valence-corrected chi connectivity index (χ0v) is 10.9. The van der Waals surface area contributed by atoms with Crippen molar-refractivity contribution in [3.8, 4) is 0 Å². The van der Waals surface area contributed by atoms with Gasteiger partial charge < -0.3 is 10.3 Å². The number of nitrogens with two attached hydrogens (primary N) is 1. The van der Waals surface area contributed by atoms with Crippen molar-refractivity contribution in [3.63, 3.8) is 0 Å². The van der Waals surface area contributed by atoms with Crippen molar-refractivity contribution >= 4 is 0 Å². The molecule has 102 valence electrons. The molecule has 0 saturated heterocycles. The fourth-order valence-corrected chi connectivity index (χ4v) is 1.57. The molecule has 0 bridgehead atoms. The molecule has 2 rings (SSSR count). The van der Waals surface area contributed by atoms with Crippen molar-refractivity contribution in [1.29, 1.82) is 0 Å². The van der Waals surface area contributed by atoms with Crippen molar-refractivity contribution in [2.45, 2.75) is 32.2 Å². The average Bonchev–Trinajstić information content (AvgIpc) is 2.75. The lowest BCUT2D eigenvalue weighted by atomic mass is 9.97. The highest BCUT2D eigenvalue weighted by Crippen LogP contribution is 2.24. The second-order valence-electron chi connectivity index (χ2n) is 5.39. The van der Waals surface area contributed by atoms with Crippen LogP contribution in [0.4, 0.5) is 8.78 Å². The van der Waals surface area contributed by atoms with Gasteiger partial charge in [-0.3, -0.25) is 0 Å². The van der Waals surface area contributed by atoms with Gasteiger partial charge in [-0.15, -0.1) is 0 Å². The summed E-state index contributed by atoms with van der Waals surface area (Å²) >= 11 is 0. The van der Waals surface area contributed by atoms with Crippen LogP contribution in [0.15, 0.2) is 22.7 Å². The molecule has 19 heavy (non-hydrogen) atoms. The Morgan fingerprint density at radius 2 is 1.74 bits per heavy atom. The summed E-state index contributed by atoms with van der Waals surface area (Å²) in [5, 5.41) is 3.76. The standard InChI is InChI=1S/C13H15F2N3O/c1-13(2,3)12-17-11(18-19-12)10(16)7-4-8(14)6-9(15)5-7/h4-6,10H,16H2,1-3H3. The molecule has 0 radical (unpaired) electrons. The monoisotopic (exact) mass is 267 g/mol. The molecule has 1 unspecified atom stereocenters. The van der Waals surface area contributed by atoms with E-state index in [2.05, 4.69) is 10.1 Å². The number of benzene rings is 1. The van der Waals surface area contributed by atoms with Crippen LogP contribution in [-0.2, 0) is 5.41 Å². The van der Waals surface area contributed by atoms with Gasteiger partial charge in [0.15, 0.2) is 5.82 Å². The molecule has 4 nitrogen and oxygen atoms in total. The fourth-order valence-electron chi connectivity index (χ4n) is 1.57. The molecule has 1 aromatic heterocycles. The van der Waals surface area contributed by atoms with E-state index in [1.165, 1.54) is 0 Å². The highest BCUT2D eigenvalue weighted by molar-refractivity contribution is 5.25. The van der Waals surface area contributed by atoms with Gasteiger partial charge in [0.25, 0.3) is 0 Å². The van der Waals surface area contributed by atoms with E-state index in [9.17, 15) is 8.78 Å². The molecule has 0 spiro atoms. The SMILES string of the molecule is CC(C)(C)c1nc(C(N)c2cc(F)cc(F)c2)no1. The van der Waals surface area contributed by atoms with Gasteiger partial charge in [-0.25, -0.2) is 8.78 Å². The summed E-state index contributed by atoms with van der Waals surface area (Å²) in [7, 11) is 0. The third-order valence-electron chi connectivity index (χ3n) is 2.61. The Kier molecular flexibility index (Phi) is 3.36. The second kappa shape index (κ2) is 4.70. The highest BCUT2D eigenvalue weighted by atomic mass is 19.1. The number of nitrogens with zero attached hydrogens (tertiary/aromatic N) is 2. The Morgan fingerprint density at radius 1 is 1.16 bits per heavy atom. The number of hydrogen-bond donors (Lipinski definition) is 1. The maximum absolute atomic E-state index is 13.1. The lowest BCUT2D eigenvalue weighted by Crippen LogP contribution is -2.16. The summed E-state index contributed by atoms with van der Waals surface area (Å²) in [4.78, 5) is 4.17. The summed E-state index contributed by atoms with van der Waals surface area (Å²) < 4.78 is 31.4. The van der Waals surface area contributed by atoms with Crippen molar-refractivity contribution in [2.75, 3.05) is 0 Å². The van der Waals surface area contributed by atoms with Gasteiger partial charge in [-0.05, 0) is 17.7 Å². The van der Waals surface area contributed by atoms with E-state index in [1.807, 2.05) is 20.8 Å². The van der Waals surface area contributed by atoms with Gasteiger partial charge >= 0.3 is 0 Å². The van der Waals surface area contributed by atoms with Crippen LogP contribution in [-0.4, -0.2) is 10.1 Å². The first-order chi connectivity index (χ1) is 8.77. The summed E-state index contributed by atoms with van der Waals surface area (Å²) in [6.45, 7) is 5.74. The third-order valence-corrected chi connectivity index (χ3v) is 2.61. The summed E-state index contributed by atoms with van der Waals surface area (Å²) in [6, 6.07) is 2.26. The third kappa shape index (κ3) is 2.96. The Hall–Kier alpha value is -1.82. The van der Waals surface area contributed by atoms with E-state index in [4.69, 9.17) is 10.3 Å². The molecule has 6 heteroatoms. The van der Waals surface area contributed by atoms with Gasteiger partial charge in [0, 0.05) is 11.5 Å². The first kappa shape index (κ1) is 13.6. The van der Waals surface area contributed by atoms with Gasteiger partial charge in [-0.2, -0.15) is 4.98 Å². The molecule has 1 atom stereocenters. The molecular weight excluding hydrogens is 252 g/mol. The Labute approximate surface area is 109 Å². The lowest BCUT2D eigenvalue weighted by Gasteiger charge is -2.11. The summed E-state index contributed by atoms with van der Waals surface area (Å²) in [6.07, 6.45) is 0. The van der Waals surface area contributed by atoms with Crippen LogP contribution in [0.2, 0.25) is 0 Å². The molecule has 0 saturated carbocycles. The van der Waals surface area contributed by atoms with Crippen LogP contribution in [0.25, 0.3) is 0 Å². The van der Waals surface area contributed by atoms with Crippen molar-refractivity contribution in [3.05, 3.63) is 47.1 Å². The van der Waals surface area contributed by atoms with Crippen LogP contribution < -0.4 is 5.73 Å². The normalized spacial score (nSPS) is 13.6. The van der Waals surface area contributed by atoms with Crippen LogP contribution in [0.5, 0.6) is 0 Å². The molecule has 0 aliphatic rings. The predicted molar refractivity (Wildman–Crippen MR) is 65.4 cm³/mol. The molecule has 2 aromatic rings. The average molecular weight is 267 g/mol. The minimum absolute atomic E-state index is 0.204. The minimum atomic E-state index is -0.829. The number of halogens is 2. The maximum atomic E-state index is 13.1. The number of hydrogen-bond acceptors (Lipinski definition) is 4. The van der Waals surface area contributed by atoms with Crippen LogP contribution in [0.1, 0.15) is 44.1 Å². The number of rotatable bonds is 2. The second-order valence-corrected chi connectivity index (χ2v) is 5.39. The quantitative estimate of drug-likeness (QED) is 0.908. The van der Waals surface area contributed by atoms with Crippen molar-refractivity contribution in [2.24, 2.45) is 5.73 Å². The first-order valence-electron chi connectivity index (χ1n) is 5.83. The Morgan fingerprint density at radius 3 is 2.21 bits per heavy atom. The molecule has 2 N–H and O–H groups in total. The van der Waals surface area contributed by atoms with E-state index in [0.717, 1.165) is 18.2 Å². The Bertz CT molecular complexity index is 570. The molecule has 1 aromatic carbocycles.